The van der Waals surface area contributed by atoms with Crippen LogP contribution < -0.4 is 5.32 Å². The van der Waals surface area contributed by atoms with Gasteiger partial charge in [-0.3, -0.25) is 19.7 Å². The van der Waals surface area contributed by atoms with E-state index in [4.69, 9.17) is 4.74 Å². The summed E-state index contributed by atoms with van der Waals surface area (Å²) in [5.41, 5.74) is 1.28. The van der Waals surface area contributed by atoms with Gasteiger partial charge in [0.2, 0.25) is 11.7 Å². The van der Waals surface area contributed by atoms with Crippen LogP contribution in [0.4, 0.5) is 10.7 Å². The fourth-order valence-corrected chi connectivity index (χ4v) is 3.84. The zero-order valence-corrected chi connectivity index (χ0v) is 17.1. The molecular formula is C20H20N2O6S. The van der Waals surface area contributed by atoms with Gasteiger partial charge in [-0.15, -0.1) is 11.3 Å². The summed E-state index contributed by atoms with van der Waals surface area (Å²) in [6.45, 7) is 4.61. The van der Waals surface area contributed by atoms with Crippen molar-refractivity contribution in [1.82, 2.24) is 0 Å². The Morgan fingerprint density at radius 1 is 1.24 bits per heavy atom. The number of nitrogens with zero attached hydrogens (tertiary/aromatic N) is 1. The Morgan fingerprint density at radius 3 is 2.55 bits per heavy atom. The lowest BCUT2D eigenvalue weighted by atomic mass is 10.1. The number of rotatable bonds is 7. The number of esters is 1. The van der Waals surface area contributed by atoms with Gasteiger partial charge in [0.15, 0.2) is 6.61 Å². The number of hydrogen-bond acceptors (Lipinski definition) is 7. The number of ketones is 1. The van der Waals surface area contributed by atoms with Gasteiger partial charge in [-0.1, -0.05) is 12.1 Å². The lowest BCUT2D eigenvalue weighted by molar-refractivity contribution is -0.385. The molecule has 1 amide bonds. The van der Waals surface area contributed by atoms with Crippen LogP contribution in [0.1, 0.15) is 49.6 Å². The van der Waals surface area contributed by atoms with E-state index in [1.165, 1.54) is 29.5 Å². The highest BCUT2D eigenvalue weighted by Gasteiger charge is 2.32. The number of anilines is 1. The number of nitro benzene ring substituents is 1. The van der Waals surface area contributed by atoms with Crippen LogP contribution in [-0.4, -0.2) is 29.2 Å². The van der Waals surface area contributed by atoms with E-state index >= 15 is 0 Å². The van der Waals surface area contributed by atoms with Crippen LogP contribution >= 0.6 is 11.3 Å². The number of nitrogens with one attached hydrogen (secondary N) is 1. The van der Waals surface area contributed by atoms with Crippen LogP contribution in [0.2, 0.25) is 0 Å². The molecule has 2 aromatic rings. The van der Waals surface area contributed by atoms with Crippen molar-refractivity contribution in [2.24, 2.45) is 5.92 Å². The molecule has 0 unspecified atom stereocenters. The largest absolute Gasteiger partial charge is 0.454 e. The minimum atomic E-state index is -0.715. The van der Waals surface area contributed by atoms with Crippen LogP contribution in [0, 0.1) is 36.8 Å². The lowest BCUT2D eigenvalue weighted by Gasteiger charge is -2.08. The van der Waals surface area contributed by atoms with Gasteiger partial charge in [-0.25, -0.2) is 4.79 Å². The highest BCUT2D eigenvalue weighted by atomic mass is 32.1. The van der Waals surface area contributed by atoms with E-state index in [-0.39, 0.29) is 28.6 Å². The van der Waals surface area contributed by atoms with Crippen LogP contribution in [-0.2, 0) is 9.53 Å². The number of nitro groups is 1. The minimum Gasteiger partial charge on any atom is -0.454 e. The van der Waals surface area contributed by atoms with Gasteiger partial charge >= 0.3 is 5.97 Å². The second-order valence-corrected chi connectivity index (χ2v) is 8.23. The van der Waals surface area contributed by atoms with Crippen molar-refractivity contribution in [3.63, 3.8) is 0 Å². The van der Waals surface area contributed by atoms with Crippen molar-refractivity contribution in [2.75, 3.05) is 11.9 Å². The van der Waals surface area contributed by atoms with E-state index in [1.54, 1.807) is 13.8 Å². The number of carbonyl (C=O) groups excluding carboxylic acids is 3. The molecule has 1 saturated carbocycles. The predicted molar refractivity (Wildman–Crippen MR) is 108 cm³/mol. The summed E-state index contributed by atoms with van der Waals surface area (Å²) in [5, 5.41) is 14.2. The minimum absolute atomic E-state index is 0.0134. The van der Waals surface area contributed by atoms with Gasteiger partial charge in [-0.2, -0.15) is 0 Å². The molecule has 0 radical (unpaired) electrons. The van der Waals surface area contributed by atoms with Crippen LogP contribution in [0.25, 0.3) is 0 Å². The fraction of sp³-hybridized carbons (Fsp3) is 0.350. The average molecular weight is 416 g/mol. The monoisotopic (exact) mass is 416 g/mol. The van der Waals surface area contributed by atoms with Crippen molar-refractivity contribution >= 4 is 39.7 Å². The number of ether oxygens (including phenoxy) is 1. The molecule has 3 rings (SSSR count). The van der Waals surface area contributed by atoms with E-state index in [1.807, 2.05) is 6.92 Å². The Morgan fingerprint density at radius 2 is 1.93 bits per heavy atom. The van der Waals surface area contributed by atoms with Crippen LogP contribution in [0.3, 0.4) is 0 Å². The van der Waals surface area contributed by atoms with E-state index in [0.29, 0.717) is 16.1 Å². The molecule has 0 saturated heterocycles. The number of benzene rings is 1. The molecule has 1 heterocycles. The SMILES string of the molecule is Cc1ccc(C(=O)COC(=O)c2c(NC(=O)C3CC3)sc(C)c2C)cc1[N+](=O)[O-]. The van der Waals surface area contributed by atoms with Crippen molar-refractivity contribution < 1.29 is 24.0 Å². The maximum Gasteiger partial charge on any atom is 0.341 e. The standard InChI is InChI=1S/C20H20N2O6S/c1-10-4-5-14(8-15(10)22(26)27)16(23)9-28-20(25)17-11(2)12(3)29-19(17)21-18(24)13-6-7-13/h4-5,8,13H,6-7,9H2,1-3H3,(H,21,24). The molecule has 1 aromatic carbocycles. The molecule has 1 aliphatic rings. The molecule has 152 valence electrons. The highest BCUT2D eigenvalue weighted by Crippen LogP contribution is 2.36. The van der Waals surface area contributed by atoms with Gasteiger partial charge in [0.05, 0.1) is 10.5 Å². The number of thiophene rings is 1. The fourth-order valence-electron chi connectivity index (χ4n) is 2.79. The summed E-state index contributed by atoms with van der Waals surface area (Å²) >= 11 is 1.29. The number of Topliss-reactive ketones (excluding diaryl/α,β-unsaturated/α-hetero) is 1. The smallest absolute Gasteiger partial charge is 0.341 e. The Bertz CT molecular complexity index is 1020. The molecule has 1 N–H and O–H groups in total. The third kappa shape index (κ3) is 4.51. The first kappa shape index (κ1) is 20.7. The first-order valence-electron chi connectivity index (χ1n) is 9.05. The molecule has 0 spiro atoms. The summed E-state index contributed by atoms with van der Waals surface area (Å²) in [6, 6.07) is 4.11. The highest BCUT2D eigenvalue weighted by molar-refractivity contribution is 7.16. The molecule has 9 heteroatoms. The van der Waals surface area contributed by atoms with E-state index in [2.05, 4.69) is 5.32 Å². The average Bonchev–Trinajstić information content (AvgIpc) is 3.47. The zero-order valence-electron chi connectivity index (χ0n) is 16.2. The summed E-state index contributed by atoms with van der Waals surface area (Å²) < 4.78 is 5.16. The number of hydrogen-bond donors (Lipinski definition) is 1. The molecule has 0 aliphatic heterocycles. The summed E-state index contributed by atoms with van der Waals surface area (Å²) in [6.07, 6.45) is 1.68. The second-order valence-electron chi connectivity index (χ2n) is 7.01. The Kier molecular flexibility index (Phi) is 5.78. The van der Waals surface area contributed by atoms with Crippen LogP contribution in [0.15, 0.2) is 18.2 Å². The molecule has 8 nitrogen and oxygen atoms in total. The van der Waals surface area contributed by atoms with E-state index in [9.17, 15) is 24.5 Å². The van der Waals surface area contributed by atoms with Crippen molar-refractivity contribution in [2.45, 2.75) is 33.6 Å². The predicted octanol–water partition coefficient (Wildman–Crippen LogP) is 3.97. The molecule has 1 aromatic heterocycles. The summed E-state index contributed by atoms with van der Waals surface area (Å²) in [5.74, 6) is -1.40. The Labute approximate surface area is 171 Å². The molecule has 29 heavy (non-hydrogen) atoms. The van der Waals surface area contributed by atoms with Crippen molar-refractivity contribution in [3.8, 4) is 0 Å². The maximum absolute atomic E-state index is 12.6. The molecular weight excluding hydrogens is 396 g/mol. The second kappa shape index (κ2) is 8.12. The van der Waals surface area contributed by atoms with Gasteiger partial charge < -0.3 is 10.1 Å². The van der Waals surface area contributed by atoms with Gasteiger partial charge in [0.25, 0.3) is 5.69 Å². The first-order chi connectivity index (χ1) is 13.7. The number of carbonyl (C=O) groups is 3. The molecule has 0 bridgehead atoms. The lowest BCUT2D eigenvalue weighted by Crippen LogP contribution is -2.18. The van der Waals surface area contributed by atoms with E-state index in [0.717, 1.165) is 17.7 Å². The van der Waals surface area contributed by atoms with Gasteiger partial charge in [0, 0.05) is 28.0 Å². The van der Waals surface area contributed by atoms with Gasteiger partial charge in [-0.05, 0) is 39.2 Å². The van der Waals surface area contributed by atoms with Crippen molar-refractivity contribution in [1.29, 1.82) is 0 Å². The zero-order chi connectivity index (χ0) is 21.3. The molecule has 0 atom stereocenters. The van der Waals surface area contributed by atoms with Gasteiger partial charge in [0.1, 0.15) is 5.00 Å². The quantitative estimate of drug-likeness (QED) is 0.316. The molecule has 1 aliphatic carbocycles. The maximum atomic E-state index is 12.6. The van der Waals surface area contributed by atoms with E-state index < -0.39 is 23.3 Å². The number of aryl methyl sites for hydroxylation is 2. The summed E-state index contributed by atoms with van der Waals surface area (Å²) in [7, 11) is 0. The van der Waals surface area contributed by atoms with Crippen LogP contribution in [0.5, 0.6) is 0 Å². The topological polar surface area (TPSA) is 116 Å². The third-order valence-electron chi connectivity index (χ3n) is 4.84. The first-order valence-corrected chi connectivity index (χ1v) is 9.87. The Balaban J connectivity index is 1.72. The third-order valence-corrected chi connectivity index (χ3v) is 5.96. The van der Waals surface area contributed by atoms with Crippen molar-refractivity contribution in [3.05, 3.63) is 55.4 Å². The summed E-state index contributed by atoms with van der Waals surface area (Å²) in [4.78, 5) is 48.4. The normalized spacial score (nSPS) is 13.1. The Hall–Kier alpha value is -3.07. The molecule has 1 fully saturated rings. The number of amides is 1.